The number of hydrogen-bond donors (Lipinski definition) is 0. The van der Waals surface area contributed by atoms with Crippen LogP contribution in [0.3, 0.4) is 0 Å². The number of rotatable bonds is 1. The average Bonchev–Trinajstić information content (AvgIpc) is 2.10. The first-order chi connectivity index (χ1) is 6.06. The molecule has 0 N–H and O–H groups in total. The van der Waals surface area contributed by atoms with Crippen LogP contribution in [0.4, 0.5) is 0 Å². The summed E-state index contributed by atoms with van der Waals surface area (Å²) in [6.07, 6.45) is 0. The largest absolute Gasteiger partial charge is 0.198 e. The van der Waals surface area contributed by atoms with E-state index in [0.717, 1.165) is 10.0 Å². The van der Waals surface area contributed by atoms with Crippen molar-refractivity contribution in [1.29, 1.82) is 5.26 Å². The van der Waals surface area contributed by atoms with Gasteiger partial charge in [0.05, 0.1) is 12.0 Å². The van der Waals surface area contributed by atoms with E-state index in [1.54, 1.807) is 0 Å². The Morgan fingerprint density at radius 1 is 1.38 bits per heavy atom. The average molecular weight is 238 g/mol. The molecule has 1 atom stereocenters. The molecule has 0 aliphatic rings. The van der Waals surface area contributed by atoms with Crippen molar-refractivity contribution >= 4 is 15.9 Å². The molecule has 0 amide bonds. The molecule has 0 bridgehead atoms. The fraction of sp³-hybridized carbons (Fsp3) is 0.364. The maximum Gasteiger partial charge on any atom is 0.0701 e. The van der Waals surface area contributed by atoms with Crippen molar-refractivity contribution in [3.8, 4) is 6.07 Å². The molecule has 0 spiro atoms. The van der Waals surface area contributed by atoms with Crippen LogP contribution < -0.4 is 0 Å². The number of hydrogen-bond acceptors (Lipinski definition) is 1. The zero-order chi connectivity index (χ0) is 10.0. The first-order valence-electron chi connectivity index (χ1n) is 4.22. The lowest BCUT2D eigenvalue weighted by Gasteiger charge is -2.10. The molecule has 0 aliphatic carbocycles. The molecule has 0 heterocycles. The van der Waals surface area contributed by atoms with Gasteiger partial charge in [0, 0.05) is 4.47 Å². The molecule has 0 aromatic heterocycles. The van der Waals surface area contributed by atoms with Gasteiger partial charge in [-0.05, 0) is 43.5 Å². The van der Waals surface area contributed by atoms with Crippen molar-refractivity contribution in [1.82, 2.24) is 0 Å². The minimum atomic E-state index is -0.0313. The van der Waals surface area contributed by atoms with Gasteiger partial charge < -0.3 is 0 Å². The van der Waals surface area contributed by atoms with Crippen molar-refractivity contribution in [2.45, 2.75) is 26.7 Å². The lowest BCUT2D eigenvalue weighted by molar-refractivity contribution is 0.960. The summed E-state index contributed by atoms with van der Waals surface area (Å²) in [5.41, 5.74) is 3.48. The number of nitriles is 1. The summed E-state index contributed by atoms with van der Waals surface area (Å²) >= 11 is 3.48. The molecule has 0 radical (unpaired) electrons. The van der Waals surface area contributed by atoms with Crippen molar-refractivity contribution in [3.63, 3.8) is 0 Å². The van der Waals surface area contributed by atoms with E-state index >= 15 is 0 Å². The Labute approximate surface area is 87.5 Å². The second kappa shape index (κ2) is 3.93. The SMILES string of the molecule is Cc1cc(Br)c(C)c(C(C)C#N)c1. The topological polar surface area (TPSA) is 23.8 Å². The Bertz CT molecular complexity index is 363. The summed E-state index contributed by atoms with van der Waals surface area (Å²) in [6.45, 7) is 6.00. The number of aryl methyl sites for hydroxylation is 1. The lowest BCUT2D eigenvalue weighted by Crippen LogP contribution is -1.95. The molecule has 13 heavy (non-hydrogen) atoms. The zero-order valence-electron chi connectivity index (χ0n) is 8.06. The van der Waals surface area contributed by atoms with E-state index in [1.165, 1.54) is 11.1 Å². The van der Waals surface area contributed by atoms with E-state index < -0.39 is 0 Å². The standard InChI is InChI=1S/C11H12BrN/c1-7-4-10(8(2)6-13)9(3)11(12)5-7/h4-5,8H,1-3H3. The highest BCUT2D eigenvalue weighted by Gasteiger charge is 2.09. The summed E-state index contributed by atoms with van der Waals surface area (Å²) < 4.78 is 1.09. The molecule has 1 aromatic carbocycles. The molecule has 1 nitrogen and oxygen atoms in total. The molecular weight excluding hydrogens is 226 g/mol. The van der Waals surface area contributed by atoms with Crippen LogP contribution in [0.1, 0.15) is 29.5 Å². The predicted molar refractivity (Wildman–Crippen MR) is 57.6 cm³/mol. The molecule has 0 fully saturated rings. The molecule has 1 rings (SSSR count). The molecule has 68 valence electrons. The van der Waals surface area contributed by atoms with Gasteiger partial charge in [0.25, 0.3) is 0 Å². The molecular formula is C11H12BrN. The van der Waals surface area contributed by atoms with Crippen molar-refractivity contribution < 1.29 is 0 Å². The Morgan fingerprint density at radius 3 is 2.54 bits per heavy atom. The second-order valence-electron chi connectivity index (χ2n) is 3.31. The van der Waals surface area contributed by atoms with E-state index in [9.17, 15) is 0 Å². The van der Waals surface area contributed by atoms with E-state index in [0.29, 0.717) is 0 Å². The van der Waals surface area contributed by atoms with Crippen molar-refractivity contribution in [2.24, 2.45) is 0 Å². The van der Waals surface area contributed by atoms with Gasteiger partial charge in [0.15, 0.2) is 0 Å². The molecule has 0 saturated heterocycles. The molecule has 1 aromatic rings. The van der Waals surface area contributed by atoms with Gasteiger partial charge in [-0.25, -0.2) is 0 Å². The van der Waals surface area contributed by atoms with Crippen LogP contribution in [0.25, 0.3) is 0 Å². The summed E-state index contributed by atoms with van der Waals surface area (Å²) in [7, 11) is 0. The quantitative estimate of drug-likeness (QED) is 0.731. The van der Waals surface area contributed by atoms with Gasteiger partial charge in [-0.15, -0.1) is 0 Å². The highest BCUT2D eigenvalue weighted by molar-refractivity contribution is 9.10. The van der Waals surface area contributed by atoms with Gasteiger partial charge >= 0.3 is 0 Å². The Morgan fingerprint density at radius 2 is 2.00 bits per heavy atom. The van der Waals surface area contributed by atoms with Gasteiger partial charge in [-0.3, -0.25) is 0 Å². The molecule has 1 unspecified atom stereocenters. The minimum Gasteiger partial charge on any atom is -0.198 e. The summed E-state index contributed by atoms with van der Waals surface area (Å²) in [5.74, 6) is -0.0313. The highest BCUT2D eigenvalue weighted by atomic mass is 79.9. The lowest BCUT2D eigenvalue weighted by atomic mass is 9.96. The van der Waals surface area contributed by atoms with E-state index in [2.05, 4.69) is 34.1 Å². The van der Waals surface area contributed by atoms with E-state index in [1.807, 2.05) is 20.8 Å². The minimum absolute atomic E-state index is 0.0313. The Kier molecular flexibility index (Phi) is 3.11. The third kappa shape index (κ3) is 2.10. The monoisotopic (exact) mass is 237 g/mol. The zero-order valence-corrected chi connectivity index (χ0v) is 9.64. The first-order valence-corrected chi connectivity index (χ1v) is 5.01. The molecule has 2 heteroatoms. The number of nitrogens with zero attached hydrogens (tertiary/aromatic N) is 1. The summed E-state index contributed by atoms with van der Waals surface area (Å²) in [6, 6.07) is 6.41. The fourth-order valence-corrected chi connectivity index (χ4v) is 1.95. The van der Waals surface area contributed by atoms with E-state index in [4.69, 9.17) is 5.26 Å². The van der Waals surface area contributed by atoms with Gasteiger partial charge in [0.2, 0.25) is 0 Å². The van der Waals surface area contributed by atoms with Gasteiger partial charge in [-0.1, -0.05) is 22.0 Å². The first kappa shape index (κ1) is 10.3. The van der Waals surface area contributed by atoms with Crippen LogP contribution in [-0.2, 0) is 0 Å². The highest BCUT2D eigenvalue weighted by Crippen LogP contribution is 2.27. The second-order valence-corrected chi connectivity index (χ2v) is 4.17. The predicted octanol–water partition coefficient (Wildman–Crippen LogP) is 3.69. The van der Waals surface area contributed by atoms with Crippen LogP contribution in [0.15, 0.2) is 16.6 Å². The maximum atomic E-state index is 8.83. The Balaban J connectivity index is 3.30. The normalized spacial score (nSPS) is 12.2. The van der Waals surface area contributed by atoms with Crippen molar-refractivity contribution in [2.75, 3.05) is 0 Å². The van der Waals surface area contributed by atoms with Crippen LogP contribution in [0.5, 0.6) is 0 Å². The van der Waals surface area contributed by atoms with Crippen LogP contribution in [0.2, 0.25) is 0 Å². The van der Waals surface area contributed by atoms with E-state index in [-0.39, 0.29) is 5.92 Å². The smallest absolute Gasteiger partial charge is 0.0701 e. The van der Waals surface area contributed by atoms with Crippen LogP contribution in [-0.4, -0.2) is 0 Å². The molecule has 0 saturated carbocycles. The number of halogens is 1. The van der Waals surface area contributed by atoms with Crippen LogP contribution in [0, 0.1) is 25.2 Å². The third-order valence-electron chi connectivity index (χ3n) is 2.19. The van der Waals surface area contributed by atoms with Gasteiger partial charge in [0.1, 0.15) is 0 Å². The van der Waals surface area contributed by atoms with Crippen molar-refractivity contribution in [3.05, 3.63) is 33.3 Å². The summed E-state index contributed by atoms with van der Waals surface area (Å²) in [4.78, 5) is 0. The maximum absolute atomic E-state index is 8.83. The molecule has 0 aliphatic heterocycles. The Hall–Kier alpha value is -0.810. The number of benzene rings is 1. The summed E-state index contributed by atoms with van der Waals surface area (Å²) in [5, 5.41) is 8.83. The fourth-order valence-electron chi connectivity index (χ4n) is 1.36. The van der Waals surface area contributed by atoms with Crippen LogP contribution >= 0.6 is 15.9 Å². The third-order valence-corrected chi connectivity index (χ3v) is 3.01. The van der Waals surface area contributed by atoms with Gasteiger partial charge in [-0.2, -0.15) is 5.26 Å².